The van der Waals surface area contributed by atoms with Crippen LogP contribution in [0.3, 0.4) is 0 Å². The Balaban J connectivity index is 0.000000228. The second-order valence-electron chi connectivity index (χ2n) is 12.2. The van der Waals surface area contributed by atoms with Gasteiger partial charge in [0.2, 0.25) is 0 Å². The molecule has 0 saturated carbocycles. The number of hydrogen-bond donors (Lipinski definition) is 0. The van der Waals surface area contributed by atoms with Gasteiger partial charge in [0.05, 0.1) is 13.6 Å². The van der Waals surface area contributed by atoms with Crippen LogP contribution in [0.25, 0.3) is 44.5 Å². The summed E-state index contributed by atoms with van der Waals surface area (Å²) in [6.45, 7) is 12.0. The molecule has 0 bridgehead atoms. The maximum atomic E-state index is 4.89. The largest absolute Gasteiger partial charge is 0.305 e. The Hall–Kier alpha value is -3.69. The van der Waals surface area contributed by atoms with E-state index >= 15 is 0 Å². The third kappa shape index (κ3) is 5.80. The SMILES string of the molecule is CC1(C)c2cc(-c3ccc4ccccc4n3)[c-]cc2-c2ccc([Si](C)(C)C)cc21.[Ir].[c-]1ccccc1-c1ccccn1. The predicted molar refractivity (Wildman–Crippen MR) is 175 cm³/mol. The van der Waals surface area contributed by atoms with Gasteiger partial charge in [-0.15, -0.1) is 65.2 Å². The molecule has 4 heteroatoms. The van der Waals surface area contributed by atoms with Crippen LogP contribution in [-0.4, -0.2) is 18.0 Å². The summed E-state index contributed by atoms with van der Waals surface area (Å²) in [5, 5.41) is 2.70. The standard InChI is InChI=1S/C27H26NSi.C11H8N.Ir/c1-27(2)23-16-19(26-15-11-18-8-6-7-9-25(18)28-26)10-13-21(23)22-14-12-20(17-24(22)27)29(3,4)5;1-2-6-10(7-3-1)11-8-4-5-9-12-11;/h6-9,11-17H,1-5H3;1-6,8-9H;/q2*-1;. The Kier molecular flexibility index (Phi) is 8.43. The van der Waals surface area contributed by atoms with Gasteiger partial charge in [-0.2, -0.15) is 0 Å². The zero-order valence-electron chi connectivity index (χ0n) is 24.7. The van der Waals surface area contributed by atoms with Crippen molar-refractivity contribution in [2.45, 2.75) is 38.9 Å². The molecule has 7 rings (SSSR count). The summed E-state index contributed by atoms with van der Waals surface area (Å²) in [6.07, 6.45) is 1.79. The first-order chi connectivity index (χ1) is 19.7. The van der Waals surface area contributed by atoms with Crippen LogP contribution in [0.5, 0.6) is 0 Å². The van der Waals surface area contributed by atoms with E-state index in [1.54, 1.807) is 6.20 Å². The summed E-state index contributed by atoms with van der Waals surface area (Å²) < 4.78 is 0. The van der Waals surface area contributed by atoms with Crippen molar-refractivity contribution in [2.24, 2.45) is 0 Å². The fourth-order valence-electron chi connectivity index (χ4n) is 5.58. The van der Waals surface area contributed by atoms with Gasteiger partial charge >= 0.3 is 0 Å². The average Bonchev–Trinajstić information content (AvgIpc) is 3.23. The van der Waals surface area contributed by atoms with Crippen molar-refractivity contribution in [1.82, 2.24) is 9.97 Å². The number of fused-ring (bicyclic) bond motifs is 4. The molecule has 0 fully saturated rings. The molecule has 211 valence electrons. The molecule has 2 aromatic heterocycles. The summed E-state index contributed by atoms with van der Waals surface area (Å²) >= 11 is 0. The molecule has 0 spiro atoms. The fraction of sp³-hybridized carbons (Fsp3) is 0.158. The zero-order valence-corrected chi connectivity index (χ0v) is 28.1. The molecule has 1 aliphatic carbocycles. The third-order valence-electron chi connectivity index (χ3n) is 8.00. The number of benzene rings is 4. The van der Waals surface area contributed by atoms with Crippen LogP contribution in [0.15, 0.2) is 115 Å². The van der Waals surface area contributed by atoms with Crippen LogP contribution in [0.1, 0.15) is 25.0 Å². The number of pyridine rings is 2. The van der Waals surface area contributed by atoms with Gasteiger partial charge in [0, 0.05) is 26.3 Å². The molecule has 0 N–H and O–H groups in total. The minimum atomic E-state index is -1.35. The average molecular weight is 739 g/mol. The van der Waals surface area contributed by atoms with Crippen LogP contribution in [0.4, 0.5) is 0 Å². The molecular weight excluding hydrogens is 705 g/mol. The molecule has 0 atom stereocenters. The molecule has 0 amide bonds. The van der Waals surface area contributed by atoms with Crippen molar-refractivity contribution >= 4 is 24.2 Å². The summed E-state index contributed by atoms with van der Waals surface area (Å²) in [5.74, 6) is 0. The molecule has 2 heterocycles. The minimum Gasteiger partial charge on any atom is -0.305 e. The first kappa shape index (κ1) is 29.8. The van der Waals surface area contributed by atoms with E-state index in [1.165, 1.54) is 32.8 Å². The van der Waals surface area contributed by atoms with Crippen molar-refractivity contribution in [2.75, 3.05) is 0 Å². The first-order valence-electron chi connectivity index (χ1n) is 14.2. The van der Waals surface area contributed by atoms with E-state index < -0.39 is 8.07 Å². The summed E-state index contributed by atoms with van der Waals surface area (Å²) in [5.41, 5.74) is 10.6. The maximum Gasteiger partial charge on any atom is 0.0776 e. The monoisotopic (exact) mass is 739 g/mol. The summed E-state index contributed by atoms with van der Waals surface area (Å²) in [4.78, 5) is 9.11. The van der Waals surface area contributed by atoms with Gasteiger partial charge in [-0.3, -0.25) is 4.98 Å². The first-order valence-corrected chi connectivity index (χ1v) is 17.7. The molecular formula is C38H34IrN2Si-2. The Labute approximate surface area is 264 Å². The normalized spacial score (nSPS) is 12.9. The van der Waals surface area contributed by atoms with Gasteiger partial charge in [0.1, 0.15) is 0 Å². The van der Waals surface area contributed by atoms with Crippen LogP contribution in [0.2, 0.25) is 19.6 Å². The zero-order chi connectivity index (χ0) is 28.6. The van der Waals surface area contributed by atoms with Gasteiger partial charge in [-0.05, 0) is 39.9 Å². The number of rotatable bonds is 3. The van der Waals surface area contributed by atoms with E-state index in [-0.39, 0.29) is 25.5 Å². The van der Waals surface area contributed by atoms with Crippen molar-refractivity contribution in [3.8, 4) is 33.6 Å². The summed E-state index contributed by atoms with van der Waals surface area (Å²) in [6, 6.07) is 44.5. The van der Waals surface area contributed by atoms with Gasteiger partial charge in [-0.1, -0.05) is 110 Å². The topological polar surface area (TPSA) is 25.8 Å². The molecule has 2 nitrogen and oxygen atoms in total. The third-order valence-corrected chi connectivity index (χ3v) is 10.0. The Morgan fingerprint density at radius 1 is 0.667 bits per heavy atom. The summed E-state index contributed by atoms with van der Waals surface area (Å²) in [7, 11) is -1.35. The Morgan fingerprint density at radius 2 is 1.43 bits per heavy atom. The van der Waals surface area contributed by atoms with E-state index in [4.69, 9.17) is 4.98 Å². The molecule has 0 unspecified atom stereocenters. The van der Waals surface area contributed by atoms with Crippen molar-refractivity contribution < 1.29 is 20.1 Å². The molecule has 4 aromatic carbocycles. The second kappa shape index (κ2) is 11.9. The molecule has 0 saturated heterocycles. The van der Waals surface area contributed by atoms with Crippen molar-refractivity contribution in [3.05, 3.63) is 139 Å². The van der Waals surface area contributed by atoms with E-state index in [1.807, 2.05) is 48.5 Å². The smallest absolute Gasteiger partial charge is 0.0776 e. The predicted octanol–water partition coefficient (Wildman–Crippen LogP) is 9.10. The van der Waals surface area contributed by atoms with Crippen molar-refractivity contribution in [1.29, 1.82) is 0 Å². The van der Waals surface area contributed by atoms with Crippen LogP contribution >= 0.6 is 0 Å². The van der Waals surface area contributed by atoms with Gasteiger partial charge in [-0.25, -0.2) is 0 Å². The maximum absolute atomic E-state index is 4.89. The van der Waals surface area contributed by atoms with E-state index in [2.05, 4.69) is 111 Å². The van der Waals surface area contributed by atoms with E-state index in [0.717, 1.165) is 28.0 Å². The molecule has 1 radical (unpaired) electrons. The molecule has 0 aliphatic heterocycles. The van der Waals surface area contributed by atoms with E-state index in [9.17, 15) is 0 Å². The van der Waals surface area contributed by atoms with Crippen LogP contribution in [0, 0.1) is 12.1 Å². The Morgan fingerprint density at radius 3 is 2.17 bits per heavy atom. The second-order valence-corrected chi connectivity index (χ2v) is 17.3. The van der Waals surface area contributed by atoms with Gasteiger partial charge in [0.25, 0.3) is 0 Å². The van der Waals surface area contributed by atoms with Crippen LogP contribution < -0.4 is 5.19 Å². The number of aromatic nitrogens is 2. The quantitative estimate of drug-likeness (QED) is 0.134. The van der Waals surface area contributed by atoms with Gasteiger partial charge in [0.15, 0.2) is 0 Å². The fourth-order valence-corrected chi connectivity index (χ4v) is 6.74. The molecule has 42 heavy (non-hydrogen) atoms. The molecule has 6 aromatic rings. The van der Waals surface area contributed by atoms with Crippen molar-refractivity contribution in [3.63, 3.8) is 0 Å². The van der Waals surface area contributed by atoms with Crippen LogP contribution in [-0.2, 0) is 25.5 Å². The Bertz CT molecular complexity index is 1800. The van der Waals surface area contributed by atoms with Gasteiger partial charge < -0.3 is 4.98 Å². The van der Waals surface area contributed by atoms with E-state index in [0.29, 0.717) is 0 Å². The molecule has 1 aliphatic rings. The number of nitrogens with zero attached hydrogens (tertiary/aromatic N) is 2. The number of para-hydroxylation sites is 1. The minimum absolute atomic E-state index is 0. The number of hydrogen-bond acceptors (Lipinski definition) is 2.